The summed E-state index contributed by atoms with van der Waals surface area (Å²) in [4.78, 5) is 9.05. The van der Waals surface area contributed by atoms with E-state index in [0.717, 1.165) is 57.2 Å². The van der Waals surface area contributed by atoms with Crippen molar-refractivity contribution < 1.29 is 4.74 Å². The van der Waals surface area contributed by atoms with Crippen LogP contribution in [0.2, 0.25) is 0 Å². The van der Waals surface area contributed by atoms with Crippen LogP contribution < -0.4 is 15.4 Å². The molecule has 2 N–H and O–H groups in total. The standard InChI is InChI=1S/C19H20N4OS2/c1-24-15-3-2-4-16-17(15)23-19(26-16)20-10-9-13-5-7-14(8-6-13)22-18-21-11-12-25-18/h2-8H,9-12H2,1H3,(H,20,23)(H,21,22). The Kier molecular flexibility index (Phi) is 5.26. The fourth-order valence-corrected chi connectivity index (χ4v) is 4.42. The molecular weight excluding hydrogens is 364 g/mol. The lowest BCUT2D eigenvalue weighted by Gasteiger charge is -2.07. The molecule has 3 aromatic rings. The van der Waals surface area contributed by atoms with Crippen LogP contribution in [-0.4, -0.2) is 36.1 Å². The van der Waals surface area contributed by atoms with Gasteiger partial charge in [0.05, 0.1) is 18.4 Å². The lowest BCUT2D eigenvalue weighted by Crippen LogP contribution is -2.06. The highest BCUT2D eigenvalue weighted by atomic mass is 32.2. The Morgan fingerprint density at radius 2 is 2.04 bits per heavy atom. The largest absolute Gasteiger partial charge is 0.494 e. The summed E-state index contributed by atoms with van der Waals surface area (Å²) >= 11 is 3.43. The van der Waals surface area contributed by atoms with Gasteiger partial charge in [0, 0.05) is 18.0 Å². The average molecular weight is 385 g/mol. The van der Waals surface area contributed by atoms with Gasteiger partial charge in [-0.15, -0.1) is 0 Å². The number of thioether (sulfide) groups is 1. The van der Waals surface area contributed by atoms with Crippen molar-refractivity contribution in [3.05, 3.63) is 48.0 Å². The molecule has 0 spiro atoms. The number of nitrogens with zero attached hydrogens (tertiary/aromatic N) is 2. The van der Waals surface area contributed by atoms with Gasteiger partial charge in [-0.3, -0.25) is 4.99 Å². The number of nitrogens with one attached hydrogen (secondary N) is 2. The molecule has 0 radical (unpaired) electrons. The Morgan fingerprint density at radius 3 is 2.81 bits per heavy atom. The van der Waals surface area contributed by atoms with Gasteiger partial charge in [-0.2, -0.15) is 0 Å². The third-order valence-electron chi connectivity index (χ3n) is 4.08. The number of amidine groups is 1. The van der Waals surface area contributed by atoms with Crippen molar-refractivity contribution in [1.29, 1.82) is 0 Å². The number of anilines is 2. The smallest absolute Gasteiger partial charge is 0.183 e. The predicted molar refractivity (Wildman–Crippen MR) is 113 cm³/mol. The van der Waals surface area contributed by atoms with Crippen molar-refractivity contribution in [2.45, 2.75) is 6.42 Å². The minimum absolute atomic E-state index is 0.819. The first-order valence-corrected chi connectivity index (χ1v) is 10.3. The van der Waals surface area contributed by atoms with Crippen LogP contribution >= 0.6 is 23.1 Å². The summed E-state index contributed by atoms with van der Waals surface area (Å²) in [5.74, 6) is 1.89. The minimum atomic E-state index is 0.819. The van der Waals surface area contributed by atoms with E-state index in [4.69, 9.17) is 4.74 Å². The lowest BCUT2D eigenvalue weighted by atomic mass is 10.1. The van der Waals surface area contributed by atoms with Gasteiger partial charge in [0.25, 0.3) is 0 Å². The number of benzene rings is 2. The Balaban J connectivity index is 1.33. The van der Waals surface area contributed by atoms with Crippen molar-refractivity contribution in [2.24, 2.45) is 4.99 Å². The highest BCUT2D eigenvalue weighted by Crippen LogP contribution is 2.32. The van der Waals surface area contributed by atoms with Crippen molar-refractivity contribution in [3.63, 3.8) is 0 Å². The van der Waals surface area contributed by atoms with Crippen LogP contribution in [0.5, 0.6) is 5.75 Å². The zero-order valence-corrected chi connectivity index (χ0v) is 16.1. The Morgan fingerprint density at radius 1 is 1.15 bits per heavy atom. The van der Waals surface area contributed by atoms with Gasteiger partial charge in [0.2, 0.25) is 0 Å². The molecule has 1 aromatic heterocycles. The van der Waals surface area contributed by atoms with Crippen LogP contribution in [0.1, 0.15) is 5.56 Å². The van der Waals surface area contributed by atoms with Gasteiger partial charge in [-0.1, -0.05) is 41.3 Å². The molecule has 0 saturated heterocycles. The van der Waals surface area contributed by atoms with Gasteiger partial charge in [0.1, 0.15) is 11.3 Å². The second kappa shape index (κ2) is 7.97. The van der Waals surface area contributed by atoms with E-state index in [1.807, 2.05) is 12.1 Å². The van der Waals surface area contributed by atoms with Crippen LogP contribution in [0, 0.1) is 0 Å². The maximum atomic E-state index is 5.37. The van der Waals surface area contributed by atoms with Crippen LogP contribution in [0.25, 0.3) is 10.2 Å². The topological polar surface area (TPSA) is 58.5 Å². The molecule has 0 saturated carbocycles. The van der Waals surface area contributed by atoms with Crippen LogP contribution in [0.4, 0.5) is 10.8 Å². The summed E-state index contributed by atoms with van der Waals surface area (Å²) in [7, 11) is 1.68. The molecular formula is C19H20N4OS2. The van der Waals surface area contributed by atoms with Crippen LogP contribution in [0.3, 0.4) is 0 Å². The van der Waals surface area contributed by atoms with Crippen LogP contribution in [-0.2, 0) is 6.42 Å². The first-order valence-electron chi connectivity index (χ1n) is 8.52. The van der Waals surface area contributed by atoms with Crippen molar-refractivity contribution in [3.8, 4) is 5.75 Å². The number of hydrogen-bond donors (Lipinski definition) is 2. The number of aromatic nitrogens is 1. The second-order valence-corrected chi connectivity index (χ2v) is 7.97. The molecule has 0 atom stereocenters. The summed E-state index contributed by atoms with van der Waals surface area (Å²) in [6.45, 7) is 1.76. The minimum Gasteiger partial charge on any atom is -0.494 e. The third-order valence-corrected chi connectivity index (χ3v) is 5.95. The molecule has 7 heteroatoms. The zero-order chi connectivity index (χ0) is 17.8. The molecule has 0 amide bonds. The highest BCUT2D eigenvalue weighted by Gasteiger charge is 2.08. The number of aliphatic imine (C=N–C) groups is 1. The second-order valence-electron chi connectivity index (χ2n) is 5.86. The lowest BCUT2D eigenvalue weighted by molar-refractivity contribution is 0.419. The quantitative estimate of drug-likeness (QED) is 0.656. The van der Waals surface area contributed by atoms with E-state index in [-0.39, 0.29) is 0 Å². The van der Waals surface area contributed by atoms with E-state index in [9.17, 15) is 0 Å². The Labute approximate surface area is 160 Å². The number of ether oxygens (including phenoxy) is 1. The molecule has 1 aliphatic heterocycles. The monoisotopic (exact) mass is 384 g/mol. The molecule has 2 heterocycles. The first kappa shape index (κ1) is 17.2. The van der Waals surface area contributed by atoms with E-state index in [1.165, 1.54) is 5.56 Å². The zero-order valence-electron chi connectivity index (χ0n) is 14.5. The van der Waals surface area contributed by atoms with Crippen molar-refractivity contribution in [2.75, 3.05) is 36.6 Å². The molecule has 0 aliphatic carbocycles. The van der Waals surface area contributed by atoms with Crippen LogP contribution in [0.15, 0.2) is 47.5 Å². The molecule has 2 aromatic carbocycles. The van der Waals surface area contributed by atoms with E-state index >= 15 is 0 Å². The first-order chi connectivity index (χ1) is 12.8. The normalized spacial score (nSPS) is 13.7. The molecule has 0 unspecified atom stereocenters. The summed E-state index contributed by atoms with van der Waals surface area (Å²) in [5, 5.41) is 8.72. The Hall–Kier alpha value is -2.25. The van der Waals surface area contributed by atoms with Crippen molar-refractivity contribution >= 4 is 49.3 Å². The van der Waals surface area contributed by atoms with Gasteiger partial charge < -0.3 is 15.4 Å². The molecule has 134 valence electrons. The number of para-hydroxylation sites is 1. The molecule has 1 aliphatic rings. The van der Waals surface area contributed by atoms with Gasteiger partial charge in [0.15, 0.2) is 10.3 Å². The van der Waals surface area contributed by atoms with Gasteiger partial charge in [-0.05, 0) is 36.2 Å². The summed E-state index contributed by atoms with van der Waals surface area (Å²) in [6.07, 6.45) is 0.947. The van der Waals surface area contributed by atoms with Gasteiger partial charge >= 0.3 is 0 Å². The predicted octanol–water partition coefficient (Wildman–Crippen LogP) is 4.47. The summed E-state index contributed by atoms with van der Waals surface area (Å²) in [6, 6.07) is 14.5. The number of fused-ring (bicyclic) bond motifs is 1. The summed E-state index contributed by atoms with van der Waals surface area (Å²) in [5.41, 5.74) is 3.31. The van der Waals surface area contributed by atoms with E-state index < -0.39 is 0 Å². The molecule has 4 rings (SSSR count). The van der Waals surface area contributed by atoms with E-state index in [2.05, 4.69) is 50.9 Å². The maximum absolute atomic E-state index is 5.37. The van der Waals surface area contributed by atoms with E-state index in [0.29, 0.717) is 0 Å². The number of thiazole rings is 1. The highest BCUT2D eigenvalue weighted by molar-refractivity contribution is 8.14. The molecule has 26 heavy (non-hydrogen) atoms. The molecule has 0 bridgehead atoms. The fraction of sp³-hybridized carbons (Fsp3) is 0.263. The summed E-state index contributed by atoms with van der Waals surface area (Å²) < 4.78 is 6.51. The maximum Gasteiger partial charge on any atom is 0.183 e. The van der Waals surface area contributed by atoms with Gasteiger partial charge in [-0.25, -0.2) is 4.98 Å². The fourth-order valence-electron chi connectivity index (χ4n) is 2.77. The molecule has 5 nitrogen and oxygen atoms in total. The molecule has 0 fully saturated rings. The van der Waals surface area contributed by atoms with E-state index in [1.54, 1.807) is 30.2 Å². The number of rotatable bonds is 6. The SMILES string of the molecule is COc1cccc2sc(NCCc3ccc(NC4=NCCS4)cc3)nc12. The number of hydrogen-bond acceptors (Lipinski definition) is 7. The Bertz CT molecular complexity index is 921. The van der Waals surface area contributed by atoms with Crippen molar-refractivity contribution in [1.82, 2.24) is 4.98 Å². The third kappa shape index (κ3) is 3.94. The average Bonchev–Trinajstić information content (AvgIpc) is 3.32. The number of methoxy groups -OCH3 is 1.